The van der Waals surface area contributed by atoms with Crippen LogP contribution >= 0.6 is 0 Å². The van der Waals surface area contributed by atoms with Gasteiger partial charge < -0.3 is 9.67 Å². The fraction of sp³-hybridized carbons (Fsp3) is 0.286. The van der Waals surface area contributed by atoms with Crippen LogP contribution in [0.4, 0.5) is 5.69 Å². The number of aromatic nitrogens is 2. The molecule has 1 N–H and O–H groups in total. The molecule has 0 spiro atoms. The topological polar surface area (TPSA) is 92.5 Å². The van der Waals surface area contributed by atoms with E-state index in [0.717, 1.165) is 0 Å². The van der Waals surface area contributed by atoms with Crippen LogP contribution in [0.3, 0.4) is 0 Å². The molecule has 0 atom stereocenters. The van der Waals surface area contributed by atoms with Crippen molar-refractivity contribution in [3.05, 3.63) is 41.9 Å². The van der Waals surface area contributed by atoms with Gasteiger partial charge in [-0.2, -0.15) is 8.42 Å². The first-order chi connectivity index (χ1) is 10.3. The Hall–Kier alpha value is -2.35. The number of carboxylic acids is 1. The first-order valence-electron chi connectivity index (χ1n) is 6.63. The molecule has 1 aromatic heterocycles. The van der Waals surface area contributed by atoms with Crippen LogP contribution in [-0.2, 0) is 17.1 Å². The van der Waals surface area contributed by atoms with Gasteiger partial charge in [-0.1, -0.05) is 0 Å². The maximum Gasteiger partial charge on any atom is 0.335 e. The molecule has 22 heavy (non-hydrogen) atoms. The number of anilines is 1. The Balaban J connectivity index is 2.47. The minimum Gasteiger partial charge on any atom is -0.478 e. The molecule has 0 saturated carbocycles. The smallest absolute Gasteiger partial charge is 0.335 e. The van der Waals surface area contributed by atoms with Crippen molar-refractivity contribution >= 4 is 21.7 Å². The van der Waals surface area contributed by atoms with Crippen molar-refractivity contribution in [2.24, 2.45) is 7.05 Å². The number of hydrogen-bond donors (Lipinski definition) is 1. The number of benzene rings is 1. The van der Waals surface area contributed by atoms with Gasteiger partial charge >= 0.3 is 5.97 Å². The van der Waals surface area contributed by atoms with Crippen molar-refractivity contribution in [3.63, 3.8) is 0 Å². The maximum atomic E-state index is 12.8. The number of sulfonamides is 1. The number of hydrogen-bond acceptors (Lipinski definition) is 4. The Morgan fingerprint density at radius 2 is 1.91 bits per heavy atom. The van der Waals surface area contributed by atoms with E-state index in [4.69, 9.17) is 5.11 Å². The van der Waals surface area contributed by atoms with Crippen LogP contribution in [0, 0.1) is 6.92 Å². The molecule has 0 radical (unpaired) electrons. The molecule has 1 heterocycles. The normalized spacial score (nSPS) is 11.4. The lowest BCUT2D eigenvalue weighted by molar-refractivity contribution is 0.0697. The molecule has 0 unspecified atom stereocenters. The lowest BCUT2D eigenvalue weighted by atomic mass is 10.2. The van der Waals surface area contributed by atoms with Crippen LogP contribution in [0.15, 0.2) is 35.5 Å². The van der Waals surface area contributed by atoms with Crippen LogP contribution < -0.4 is 4.31 Å². The molecule has 0 saturated heterocycles. The third-order valence-corrected chi connectivity index (χ3v) is 5.38. The minimum absolute atomic E-state index is 0.0918. The summed E-state index contributed by atoms with van der Waals surface area (Å²) in [5, 5.41) is 9.00. The first kappa shape index (κ1) is 16.0. The van der Waals surface area contributed by atoms with Crippen LogP contribution in [0.5, 0.6) is 0 Å². The number of nitrogens with zero attached hydrogens (tertiary/aromatic N) is 3. The van der Waals surface area contributed by atoms with Crippen molar-refractivity contribution < 1.29 is 18.3 Å². The highest BCUT2D eigenvalue weighted by atomic mass is 32.2. The Kier molecular flexibility index (Phi) is 4.23. The van der Waals surface area contributed by atoms with Gasteiger partial charge in [0.05, 0.1) is 17.4 Å². The van der Waals surface area contributed by atoms with Crippen molar-refractivity contribution in [1.29, 1.82) is 0 Å². The zero-order valence-corrected chi connectivity index (χ0v) is 13.3. The predicted molar refractivity (Wildman–Crippen MR) is 81.6 cm³/mol. The van der Waals surface area contributed by atoms with Crippen LogP contribution in [-0.4, -0.2) is 35.6 Å². The van der Waals surface area contributed by atoms with E-state index in [0.29, 0.717) is 11.5 Å². The first-order valence-corrected chi connectivity index (χ1v) is 8.07. The van der Waals surface area contributed by atoms with Gasteiger partial charge in [0, 0.05) is 13.6 Å². The summed E-state index contributed by atoms with van der Waals surface area (Å²) < 4.78 is 28.3. The monoisotopic (exact) mass is 323 g/mol. The molecule has 2 rings (SSSR count). The number of carbonyl (C=O) groups is 1. The van der Waals surface area contributed by atoms with Crippen molar-refractivity contribution in [2.45, 2.75) is 18.9 Å². The summed E-state index contributed by atoms with van der Waals surface area (Å²) >= 11 is 0. The minimum atomic E-state index is -3.76. The average Bonchev–Trinajstić information content (AvgIpc) is 2.80. The second-order valence-electron chi connectivity index (χ2n) is 4.72. The summed E-state index contributed by atoms with van der Waals surface area (Å²) in [6, 6.07) is 5.72. The van der Waals surface area contributed by atoms with Crippen LogP contribution in [0.2, 0.25) is 0 Å². The summed E-state index contributed by atoms with van der Waals surface area (Å²) in [5.74, 6) is -0.462. The molecular formula is C14H17N3O4S. The molecule has 8 heteroatoms. The Morgan fingerprint density at radius 3 is 2.32 bits per heavy atom. The highest BCUT2D eigenvalue weighted by molar-refractivity contribution is 7.92. The highest BCUT2D eigenvalue weighted by Gasteiger charge is 2.27. The quantitative estimate of drug-likeness (QED) is 0.903. The third-order valence-electron chi connectivity index (χ3n) is 3.42. The summed E-state index contributed by atoms with van der Waals surface area (Å²) in [4.78, 5) is 14.9. The Bertz CT molecular complexity index is 794. The summed E-state index contributed by atoms with van der Waals surface area (Å²) in [5.41, 5.74) is 0.514. The number of aryl methyl sites for hydroxylation is 1. The molecule has 7 nitrogen and oxygen atoms in total. The molecule has 0 fully saturated rings. The fourth-order valence-corrected chi connectivity index (χ4v) is 3.72. The highest BCUT2D eigenvalue weighted by Crippen LogP contribution is 2.24. The van der Waals surface area contributed by atoms with Gasteiger partial charge in [-0.05, 0) is 38.1 Å². The van der Waals surface area contributed by atoms with Gasteiger partial charge in [0.25, 0.3) is 10.0 Å². The molecule has 118 valence electrons. The van der Waals surface area contributed by atoms with E-state index in [2.05, 4.69) is 4.98 Å². The maximum absolute atomic E-state index is 12.8. The average molecular weight is 323 g/mol. The molecule has 0 aliphatic rings. The molecule has 2 aromatic rings. The molecular weight excluding hydrogens is 306 g/mol. The SMILES string of the molecule is CCN(c1ccc(C(=O)O)cc1)S(=O)(=O)c1cnc(C)n1C. The van der Waals surface area contributed by atoms with Gasteiger partial charge in [-0.25, -0.2) is 9.78 Å². The zero-order chi connectivity index (χ0) is 16.5. The van der Waals surface area contributed by atoms with E-state index in [1.807, 2.05) is 0 Å². The summed E-state index contributed by atoms with van der Waals surface area (Å²) in [7, 11) is -2.13. The van der Waals surface area contributed by atoms with Crippen molar-refractivity contribution in [2.75, 3.05) is 10.8 Å². The van der Waals surface area contributed by atoms with E-state index in [9.17, 15) is 13.2 Å². The predicted octanol–water partition coefficient (Wildman–Crippen LogP) is 1.64. The second-order valence-corrected chi connectivity index (χ2v) is 6.53. The lowest BCUT2D eigenvalue weighted by Gasteiger charge is -2.23. The summed E-state index contributed by atoms with van der Waals surface area (Å²) in [6.07, 6.45) is 1.32. The molecule has 0 bridgehead atoms. The van der Waals surface area contributed by atoms with Gasteiger partial charge in [0.15, 0.2) is 5.03 Å². The standard InChI is InChI=1S/C14H17N3O4S/c1-4-17(12-7-5-11(6-8-12)14(18)19)22(20,21)13-9-15-10(2)16(13)3/h5-9H,4H2,1-3H3,(H,18,19). The van der Waals surface area contributed by atoms with E-state index in [1.165, 1.54) is 39.3 Å². The van der Waals surface area contributed by atoms with Gasteiger partial charge in [0.2, 0.25) is 0 Å². The summed E-state index contributed by atoms with van der Waals surface area (Å²) in [6.45, 7) is 3.65. The van der Waals surface area contributed by atoms with Crippen LogP contribution in [0.25, 0.3) is 0 Å². The Morgan fingerprint density at radius 1 is 1.32 bits per heavy atom. The largest absolute Gasteiger partial charge is 0.478 e. The zero-order valence-electron chi connectivity index (χ0n) is 12.5. The molecule has 1 aromatic carbocycles. The van der Waals surface area contributed by atoms with Crippen molar-refractivity contribution in [1.82, 2.24) is 9.55 Å². The van der Waals surface area contributed by atoms with Gasteiger partial charge in [-0.3, -0.25) is 4.31 Å². The van der Waals surface area contributed by atoms with E-state index >= 15 is 0 Å². The molecule has 0 aliphatic heterocycles. The number of imidazole rings is 1. The molecule has 0 aliphatic carbocycles. The van der Waals surface area contributed by atoms with E-state index in [-0.39, 0.29) is 17.1 Å². The van der Waals surface area contributed by atoms with Gasteiger partial charge in [-0.15, -0.1) is 0 Å². The lowest BCUT2D eigenvalue weighted by Crippen LogP contribution is -2.32. The number of rotatable bonds is 5. The van der Waals surface area contributed by atoms with E-state index < -0.39 is 16.0 Å². The van der Waals surface area contributed by atoms with Gasteiger partial charge in [0.1, 0.15) is 5.82 Å². The third kappa shape index (κ3) is 2.69. The second kappa shape index (κ2) is 5.80. The van der Waals surface area contributed by atoms with E-state index in [1.54, 1.807) is 20.9 Å². The number of aromatic carboxylic acids is 1. The van der Waals surface area contributed by atoms with Crippen molar-refractivity contribution in [3.8, 4) is 0 Å². The Labute approximate surface area is 128 Å². The van der Waals surface area contributed by atoms with Crippen LogP contribution in [0.1, 0.15) is 23.1 Å². The number of carboxylic acid groups (broad SMARTS) is 1. The fourth-order valence-electron chi connectivity index (χ4n) is 2.10. The molecule has 0 amide bonds.